The van der Waals surface area contributed by atoms with Crippen molar-refractivity contribution in [3.63, 3.8) is 0 Å². The minimum absolute atomic E-state index is 0.147. The molecule has 1 aliphatic heterocycles. The van der Waals surface area contributed by atoms with E-state index in [0.29, 0.717) is 25.0 Å². The van der Waals surface area contributed by atoms with Crippen LogP contribution in [0.5, 0.6) is 0 Å². The molecule has 0 aromatic rings. The van der Waals surface area contributed by atoms with Crippen LogP contribution in [0.25, 0.3) is 0 Å². The van der Waals surface area contributed by atoms with Gasteiger partial charge < -0.3 is 11.1 Å². The van der Waals surface area contributed by atoms with E-state index in [1.165, 1.54) is 12.8 Å². The highest BCUT2D eigenvalue weighted by atomic mass is 16.2. The number of carbonyl (C=O) groups excluding carboxylic acids is 1. The molecule has 3 N–H and O–H groups in total. The third-order valence-electron chi connectivity index (χ3n) is 4.19. The van der Waals surface area contributed by atoms with Crippen LogP contribution in [0.15, 0.2) is 0 Å². The minimum atomic E-state index is 0.147. The number of carbonyl (C=O) groups is 1. The molecule has 1 heterocycles. The molecular formula is C15H31N3O. The Hall–Kier alpha value is -0.610. The van der Waals surface area contributed by atoms with E-state index >= 15 is 0 Å². The topological polar surface area (TPSA) is 58.4 Å². The highest BCUT2D eigenvalue weighted by Gasteiger charge is 2.27. The molecular weight excluding hydrogens is 238 g/mol. The Labute approximate surface area is 118 Å². The number of likely N-dealkylation sites (tertiary alicyclic amines) is 1. The van der Waals surface area contributed by atoms with Gasteiger partial charge in [-0.1, -0.05) is 27.2 Å². The number of nitrogens with zero attached hydrogens (tertiary/aromatic N) is 1. The molecule has 0 spiro atoms. The van der Waals surface area contributed by atoms with Crippen LogP contribution in [0.4, 0.5) is 0 Å². The van der Waals surface area contributed by atoms with Gasteiger partial charge in [0.1, 0.15) is 0 Å². The number of rotatable bonds is 7. The summed E-state index contributed by atoms with van der Waals surface area (Å²) >= 11 is 0. The second kappa shape index (κ2) is 8.54. The molecule has 0 aliphatic carbocycles. The van der Waals surface area contributed by atoms with Gasteiger partial charge in [-0.2, -0.15) is 0 Å². The first-order valence-electron chi connectivity index (χ1n) is 7.77. The lowest BCUT2D eigenvalue weighted by Crippen LogP contribution is -2.50. The second-order valence-corrected chi connectivity index (χ2v) is 6.19. The quantitative estimate of drug-likeness (QED) is 0.738. The molecule has 19 heavy (non-hydrogen) atoms. The third kappa shape index (κ3) is 5.91. The number of amides is 1. The van der Waals surface area contributed by atoms with E-state index < -0.39 is 0 Å². The molecule has 0 bridgehead atoms. The summed E-state index contributed by atoms with van der Waals surface area (Å²) in [7, 11) is 0. The highest BCUT2D eigenvalue weighted by molar-refractivity contribution is 5.78. The van der Waals surface area contributed by atoms with E-state index in [0.717, 1.165) is 31.8 Å². The molecule has 1 amide bonds. The maximum absolute atomic E-state index is 11.9. The zero-order valence-corrected chi connectivity index (χ0v) is 12.8. The largest absolute Gasteiger partial charge is 0.355 e. The maximum atomic E-state index is 11.9. The van der Waals surface area contributed by atoms with E-state index in [1.807, 2.05) is 0 Å². The lowest BCUT2D eigenvalue weighted by Gasteiger charge is -2.38. The zero-order valence-electron chi connectivity index (χ0n) is 12.8. The fraction of sp³-hybridized carbons (Fsp3) is 0.933. The van der Waals surface area contributed by atoms with Crippen LogP contribution >= 0.6 is 0 Å². The lowest BCUT2D eigenvalue weighted by atomic mass is 9.89. The Bertz CT molecular complexity index is 268. The predicted octanol–water partition coefficient (Wildman–Crippen LogP) is 1.60. The van der Waals surface area contributed by atoms with Gasteiger partial charge in [-0.3, -0.25) is 9.69 Å². The van der Waals surface area contributed by atoms with Crippen LogP contribution < -0.4 is 11.1 Å². The standard InChI is InChI=1S/C15H31N3O/c1-4-13-6-8-18(14(9-13)10-16)11-15(19)17-7-5-12(2)3/h12-14H,4-11,16H2,1-3H3,(H,17,19). The van der Waals surface area contributed by atoms with Gasteiger partial charge in [-0.05, 0) is 37.6 Å². The molecule has 2 unspecified atom stereocenters. The molecule has 0 saturated carbocycles. The Morgan fingerprint density at radius 2 is 2.21 bits per heavy atom. The molecule has 0 aromatic carbocycles. The monoisotopic (exact) mass is 269 g/mol. The summed E-state index contributed by atoms with van der Waals surface area (Å²) in [6.45, 7) is 9.56. The van der Waals surface area contributed by atoms with Gasteiger partial charge >= 0.3 is 0 Å². The molecule has 4 nitrogen and oxygen atoms in total. The van der Waals surface area contributed by atoms with Crippen LogP contribution in [-0.2, 0) is 4.79 Å². The Morgan fingerprint density at radius 3 is 2.79 bits per heavy atom. The molecule has 1 rings (SSSR count). The van der Waals surface area contributed by atoms with E-state index in [9.17, 15) is 4.79 Å². The van der Waals surface area contributed by atoms with Crippen molar-refractivity contribution in [3.8, 4) is 0 Å². The fourth-order valence-electron chi connectivity index (χ4n) is 2.75. The summed E-state index contributed by atoms with van der Waals surface area (Å²) in [5, 5.41) is 3.01. The summed E-state index contributed by atoms with van der Waals surface area (Å²) in [6.07, 6.45) is 4.62. The van der Waals surface area contributed by atoms with E-state index in [1.54, 1.807) is 0 Å². The van der Waals surface area contributed by atoms with Crippen molar-refractivity contribution in [2.45, 2.75) is 52.5 Å². The van der Waals surface area contributed by atoms with Crippen LogP contribution in [-0.4, -0.2) is 43.0 Å². The lowest BCUT2D eigenvalue weighted by molar-refractivity contribution is -0.123. The first-order chi connectivity index (χ1) is 9.06. The van der Waals surface area contributed by atoms with Crippen LogP contribution in [0.2, 0.25) is 0 Å². The van der Waals surface area contributed by atoms with E-state index in [-0.39, 0.29) is 5.91 Å². The minimum Gasteiger partial charge on any atom is -0.355 e. The molecule has 2 atom stereocenters. The number of nitrogens with one attached hydrogen (secondary N) is 1. The molecule has 1 fully saturated rings. The van der Waals surface area contributed by atoms with Crippen molar-refractivity contribution >= 4 is 5.91 Å². The van der Waals surface area contributed by atoms with Gasteiger partial charge in [-0.25, -0.2) is 0 Å². The zero-order chi connectivity index (χ0) is 14.3. The summed E-state index contributed by atoms with van der Waals surface area (Å²) in [4.78, 5) is 14.2. The van der Waals surface area contributed by atoms with E-state index in [2.05, 4.69) is 31.0 Å². The molecule has 1 aliphatic rings. The summed E-state index contributed by atoms with van der Waals surface area (Å²) in [6, 6.07) is 0.384. The van der Waals surface area contributed by atoms with Gasteiger partial charge in [-0.15, -0.1) is 0 Å². The molecule has 0 aromatic heterocycles. The molecule has 112 valence electrons. The van der Waals surface area contributed by atoms with Crippen LogP contribution in [0, 0.1) is 11.8 Å². The number of piperidine rings is 1. The Morgan fingerprint density at radius 1 is 1.47 bits per heavy atom. The molecule has 4 heteroatoms. The first kappa shape index (κ1) is 16.4. The summed E-state index contributed by atoms with van der Waals surface area (Å²) in [5.74, 6) is 1.57. The third-order valence-corrected chi connectivity index (χ3v) is 4.19. The van der Waals surface area contributed by atoms with Crippen molar-refractivity contribution in [1.82, 2.24) is 10.2 Å². The van der Waals surface area contributed by atoms with Crippen molar-refractivity contribution in [2.75, 3.05) is 26.2 Å². The van der Waals surface area contributed by atoms with Gasteiger partial charge in [0, 0.05) is 19.1 Å². The Kier molecular flexibility index (Phi) is 7.39. The van der Waals surface area contributed by atoms with Gasteiger partial charge in [0.2, 0.25) is 5.91 Å². The molecule has 1 saturated heterocycles. The Balaban J connectivity index is 2.32. The van der Waals surface area contributed by atoms with Crippen molar-refractivity contribution in [2.24, 2.45) is 17.6 Å². The fourth-order valence-corrected chi connectivity index (χ4v) is 2.75. The maximum Gasteiger partial charge on any atom is 0.234 e. The van der Waals surface area contributed by atoms with Gasteiger partial charge in [0.05, 0.1) is 6.54 Å². The highest BCUT2D eigenvalue weighted by Crippen LogP contribution is 2.24. The normalized spacial score (nSPS) is 24.7. The van der Waals surface area contributed by atoms with Crippen molar-refractivity contribution in [3.05, 3.63) is 0 Å². The SMILES string of the molecule is CCC1CCN(CC(=O)NCCC(C)C)C(CN)C1. The predicted molar refractivity (Wildman–Crippen MR) is 79.9 cm³/mol. The van der Waals surface area contributed by atoms with Crippen molar-refractivity contribution < 1.29 is 4.79 Å². The number of nitrogens with two attached hydrogens (primary N) is 1. The van der Waals surface area contributed by atoms with Gasteiger partial charge in [0.25, 0.3) is 0 Å². The van der Waals surface area contributed by atoms with Crippen molar-refractivity contribution in [1.29, 1.82) is 0 Å². The molecule has 0 radical (unpaired) electrons. The number of hydrogen-bond acceptors (Lipinski definition) is 3. The van der Waals surface area contributed by atoms with Crippen LogP contribution in [0.3, 0.4) is 0 Å². The average Bonchev–Trinajstić information content (AvgIpc) is 2.38. The summed E-state index contributed by atoms with van der Waals surface area (Å²) in [5.41, 5.74) is 5.85. The second-order valence-electron chi connectivity index (χ2n) is 6.19. The number of hydrogen-bond donors (Lipinski definition) is 2. The van der Waals surface area contributed by atoms with Gasteiger partial charge in [0.15, 0.2) is 0 Å². The smallest absolute Gasteiger partial charge is 0.234 e. The van der Waals surface area contributed by atoms with E-state index in [4.69, 9.17) is 5.73 Å². The first-order valence-corrected chi connectivity index (χ1v) is 7.77. The average molecular weight is 269 g/mol. The van der Waals surface area contributed by atoms with Crippen LogP contribution in [0.1, 0.15) is 46.5 Å². The summed E-state index contributed by atoms with van der Waals surface area (Å²) < 4.78 is 0.